The van der Waals surface area contributed by atoms with Gasteiger partial charge < -0.3 is 14.2 Å². The number of ether oxygens (including phenoxy) is 3. The van der Waals surface area contributed by atoms with Crippen molar-refractivity contribution in [1.29, 1.82) is 0 Å². The molecule has 0 saturated heterocycles. The Bertz CT molecular complexity index is 1450. The third-order valence-electron chi connectivity index (χ3n) is 10.4. The van der Waals surface area contributed by atoms with Crippen LogP contribution in [0.5, 0.6) is 0 Å². The van der Waals surface area contributed by atoms with E-state index in [9.17, 15) is 9.59 Å². The maximum atomic E-state index is 12.8. The zero-order valence-electron chi connectivity index (χ0n) is 42.4. The number of carbonyl (C=O) groups is 2. The van der Waals surface area contributed by atoms with Gasteiger partial charge in [-0.05, 0) is 135 Å². The van der Waals surface area contributed by atoms with Gasteiger partial charge >= 0.3 is 11.9 Å². The first-order chi connectivity index (χ1) is 32.6. The van der Waals surface area contributed by atoms with E-state index < -0.39 is 6.10 Å². The van der Waals surface area contributed by atoms with Crippen LogP contribution in [0.25, 0.3) is 0 Å². The van der Waals surface area contributed by atoms with Crippen molar-refractivity contribution in [2.45, 2.75) is 207 Å². The molecule has 0 aliphatic rings. The van der Waals surface area contributed by atoms with Gasteiger partial charge in [-0.15, -0.1) is 0 Å². The van der Waals surface area contributed by atoms with Crippen LogP contribution in [0.4, 0.5) is 0 Å². The van der Waals surface area contributed by atoms with Crippen LogP contribution in [0, 0.1) is 0 Å². The standard InChI is InChI=1S/C61H96O5/c1-4-7-10-13-16-19-22-25-28-30-31-32-34-36-39-42-45-48-51-54-60(62)65-58-59(57-64-56-53-50-47-44-41-38-35-29-26-23-20-17-14-11-8-5-2)66-61(63)55-52-49-46-43-40-37-33-27-24-21-18-15-12-9-6-3/h7-12,16-21,25-29,31-33,36,39-40,43,59H,4-6,13-15,22-24,30,34-35,37-38,41-42,44-58H2,1-3H3/b10-7-,11-8-,12-9-,19-16-,20-17-,21-18-,28-25-,29-26-,32-31-,33-27-,39-36-,43-40-. The smallest absolute Gasteiger partial charge is 0.306 e. The van der Waals surface area contributed by atoms with Gasteiger partial charge in [0.1, 0.15) is 6.61 Å². The van der Waals surface area contributed by atoms with E-state index in [2.05, 4.69) is 167 Å². The minimum absolute atomic E-state index is 0.0353. The molecule has 0 aromatic carbocycles. The van der Waals surface area contributed by atoms with E-state index in [1.807, 2.05) is 0 Å². The Morgan fingerprint density at radius 2 is 0.636 bits per heavy atom. The third-order valence-corrected chi connectivity index (χ3v) is 10.4. The molecule has 0 amide bonds. The van der Waals surface area contributed by atoms with Gasteiger partial charge in [-0.1, -0.05) is 199 Å². The normalized spacial score (nSPS) is 13.4. The molecule has 0 spiro atoms. The van der Waals surface area contributed by atoms with Gasteiger partial charge in [0.15, 0.2) is 6.10 Å². The number of hydrogen-bond acceptors (Lipinski definition) is 5. The summed E-state index contributed by atoms with van der Waals surface area (Å²) in [6.45, 7) is 7.36. The monoisotopic (exact) mass is 909 g/mol. The average molecular weight is 909 g/mol. The SMILES string of the molecule is CC/C=C\C/C=C\C/C=C\C/C=C\C/C=C\CCCCCC(=O)OCC(COCCCCCCCC/C=C\C/C=C\C/C=C\CC)OC(=O)CCCC/C=C\C/C=C\C/C=C\C/C=C\CC. The van der Waals surface area contributed by atoms with Crippen molar-refractivity contribution in [3.8, 4) is 0 Å². The second kappa shape index (κ2) is 55.1. The lowest BCUT2D eigenvalue weighted by Crippen LogP contribution is -2.30. The quantitative estimate of drug-likeness (QED) is 0.0346. The van der Waals surface area contributed by atoms with E-state index in [0.29, 0.717) is 19.4 Å². The molecular formula is C61H96O5. The molecule has 0 aromatic heterocycles. The van der Waals surface area contributed by atoms with Gasteiger partial charge in [-0.2, -0.15) is 0 Å². The molecule has 0 aliphatic carbocycles. The van der Waals surface area contributed by atoms with Crippen molar-refractivity contribution in [1.82, 2.24) is 0 Å². The number of rotatable bonds is 46. The zero-order valence-corrected chi connectivity index (χ0v) is 42.4. The van der Waals surface area contributed by atoms with Crippen molar-refractivity contribution in [2.75, 3.05) is 19.8 Å². The van der Waals surface area contributed by atoms with E-state index in [1.54, 1.807) is 0 Å². The minimum Gasteiger partial charge on any atom is -0.462 e. The Labute approximate surface area is 406 Å². The highest BCUT2D eigenvalue weighted by Gasteiger charge is 2.17. The van der Waals surface area contributed by atoms with Crippen LogP contribution in [0.3, 0.4) is 0 Å². The molecule has 1 atom stereocenters. The summed E-state index contributed by atoms with van der Waals surface area (Å²) in [6, 6.07) is 0. The van der Waals surface area contributed by atoms with Crippen LogP contribution in [0.2, 0.25) is 0 Å². The van der Waals surface area contributed by atoms with Crippen molar-refractivity contribution < 1.29 is 23.8 Å². The minimum atomic E-state index is -0.590. The Balaban J connectivity index is 4.46. The first-order valence-electron chi connectivity index (χ1n) is 26.4. The highest BCUT2D eigenvalue weighted by Crippen LogP contribution is 2.11. The van der Waals surface area contributed by atoms with Crippen LogP contribution in [-0.4, -0.2) is 37.9 Å². The molecule has 5 nitrogen and oxygen atoms in total. The lowest BCUT2D eigenvalue weighted by atomic mass is 10.1. The van der Waals surface area contributed by atoms with E-state index in [-0.39, 0.29) is 25.2 Å². The van der Waals surface area contributed by atoms with Gasteiger partial charge in [0.25, 0.3) is 0 Å². The second-order valence-electron chi connectivity index (χ2n) is 16.6. The predicted octanol–water partition coefficient (Wildman–Crippen LogP) is 18.1. The first-order valence-corrected chi connectivity index (χ1v) is 26.4. The third kappa shape index (κ3) is 52.4. The van der Waals surface area contributed by atoms with Crippen LogP contribution in [0.15, 0.2) is 146 Å². The summed E-state index contributed by atoms with van der Waals surface area (Å²) in [4.78, 5) is 25.4. The summed E-state index contributed by atoms with van der Waals surface area (Å²) in [6.07, 6.45) is 80.0. The van der Waals surface area contributed by atoms with Crippen molar-refractivity contribution in [3.05, 3.63) is 146 Å². The molecule has 0 saturated carbocycles. The van der Waals surface area contributed by atoms with E-state index in [1.165, 1.54) is 25.7 Å². The van der Waals surface area contributed by atoms with Gasteiger partial charge in [0, 0.05) is 19.4 Å². The molecule has 0 heterocycles. The van der Waals surface area contributed by atoms with Crippen molar-refractivity contribution >= 4 is 11.9 Å². The first kappa shape index (κ1) is 61.8. The van der Waals surface area contributed by atoms with Gasteiger partial charge in [-0.3, -0.25) is 9.59 Å². The molecular weight excluding hydrogens is 813 g/mol. The van der Waals surface area contributed by atoms with Crippen LogP contribution >= 0.6 is 0 Å². The number of esters is 2. The maximum absolute atomic E-state index is 12.8. The summed E-state index contributed by atoms with van der Waals surface area (Å²) < 4.78 is 17.3. The zero-order chi connectivity index (χ0) is 47.7. The van der Waals surface area contributed by atoms with Gasteiger partial charge in [-0.25, -0.2) is 0 Å². The molecule has 0 bridgehead atoms. The fourth-order valence-electron chi connectivity index (χ4n) is 6.54. The number of carbonyl (C=O) groups excluding carboxylic acids is 2. The summed E-state index contributed by atoms with van der Waals surface area (Å²) >= 11 is 0. The van der Waals surface area contributed by atoms with E-state index >= 15 is 0 Å². The molecule has 370 valence electrons. The number of hydrogen-bond donors (Lipinski definition) is 0. The number of unbranched alkanes of at least 4 members (excludes halogenated alkanes) is 11. The van der Waals surface area contributed by atoms with E-state index in [0.717, 1.165) is 141 Å². The van der Waals surface area contributed by atoms with E-state index in [4.69, 9.17) is 14.2 Å². The summed E-state index contributed by atoms with van der Waals surface area (Å²) in [5, 5.41) is 0. The second-order valence-corrected chi connectivity index (χ2v) is 16.6. The van der Waals surface area contributed by atoms with Crippen LogP contribution in [-0.2, 0) is 23.8 Å². The highest BCUT2D eigenvalue weighted by molar-refractivity contribution is 5.70. The lowest BCUT2D eigenvalue weighted by molar-refractivity contribution is -0.163. The molecule has 1 unspecified atom stereocenters. The Kier molecular flexibility index (Phi) is 51.6. The average Bonchev–Trinajstić information content (AvgIpc) is 3.32. The summed E-state index contributed by atoms with van der Waals surface area (Å²) in [7, 11) is 0. The Morgan fingerprint density at radius 3 is 1.05 bits per heavy atom. The Hall–Kier alpha value is -4.22. The van der Waals surface area contributed by atoms with Crippen LogP contribution < -0.4 is 0 Å². The largest absolute Gasteiger partial charge is 0.462 e. The maximum Gasteiger partial charge on any atom is 0.306 e. The summed E-state index contributed by atoms with van der Waals surface area (Å²) in [5.74, 6) is -0.502. The fourth-order valence-corrected chi connectivity index (χ4v) is 6.54. The van der Waals surface area contributed by atoms with Gasteiger partial charge in [0.2, 0.25) is 0 Å². The molecule has 0 radical (unpaired) electrons. The molecule has 66 heavy (non-hydrogen) atoms. The molecule has 0 fully saturated rings. The molecule has 0 aromatic rings. The van der Waals surface area contributed by atoms with Crippen molar-refractivity contribution in [2.24, 2.45) is 0 Å². The van der Waals surface area contributed by atoms with Crippen LogP contribution in [0.1, 0.15) is 201 Å². The molecule has 0 N–H and O–H groups in total. The summed E-state index contributed by atoms with van der Waals surface area (Å²) in [5.41, 5.74) is 0. The van der Waals surface area contributed by atoms with Crippen molar-refractivity contribution in [3.63, 3.8) is 0 Å². The Morgan fingerprint density at radius 1 is 0.333 bits per heavy atom. The fraction of sp³-hybridized carbons (Fsp3) is 0.574. The predicted molar refractivity (Wildman–Crippen MR) is 288 cm³/mol. The van der Waals surface area contributed by atoms with Gasteiger partial charge in [0.05, 0.1) is 6.61 Å². The number of allylic oxidation sites excluding steroid dienone is 24. The topological polar surface area (TPSA) is 61.8 Å². The lowest BCUT2D eigenvalue weighted by Gasteiger charge is -2.18. The highest BCUT2D eigenvalue weighted by atomic mass is 16.6. The molecule has 5 heteroatoms. The molecule has 0 rings (SSSR count). The molecule has 0 aliphatic heterocycles.